The minimum Gasteiger partial charge on any atom is -0.465 e. The Kier molecular flexibility index (Phi) is 5.58. The fraction of sp³-hybridized carbons (Fsp3) is 0.227. The Hall–Kier alpha value is -3.13. The zero-order valence-corrected chi connectivity index (χ0v) is 17.1. The average molecular weight is 449 g/mol. The SMILES string of the molecule is COC(=O)c1ccc(-c2nn(C(=O)c3c(Cl)ccc(F)c3F)c3c2CCCC3)c(F)c1. The second kappa shape index (κ2) is 8.19. The Balaban J connectivity index is 1.86. The number of carbonyl (C=O) groups excluding carboxylic acids is 2. The molecule has 1 heterocycles. The number of esters is 1. The molecule has 0 bridgehead atoms. The third kappa shape index (κ3) is 3.61. The Morgan fingerprint density at radius 3 is 2.52 bits per heavy atom. The number of nitrogens with zero attached hydrogens (tertiary/aromatic N) is 2. The summed E-state index contributed by atoms with van der Waals surface area (Å²) in [6, 6.07) is 5.72. The van der Waals surface area contributed by atoms with Gasteiger partial charge in [0, 0.05) is 11.1 Å². The standard InChI is InChI=1S/C22H16ClF3N2O3/c1-31-22(30)11-6-7-12(16(25)10-11)20-13-4-2-3-5-17(13)28(27-20)21(29)18-14(23)8-9-15(24)19(18)26/h6-10H,2-5H2,1H3. The maximum atomic E-state index is 14.8. The number of fused-ring (bicyclic) bond motifs is 1. The van der Waals surface area contributed by atoms with Crippen molar-refractivity contribution >= 4 is 23.5 Å². The summed E-state index contributed by atoms with van der Waals surface area (Å²) in [4.78, 5) is 24.7. The van der Waals surface area contributed by atoms with Gasteiger partial charge in [0.05, 0.1) is 34.6 Å². The van der Waals surface area contributed by atoms with Crippen molar-refractivity contribution in [3.63, 3.8) is 0 Å². The zero-order valence-electron chi connectivity index (χ0n) is 16.3. The highest BCUT2D eigenvalue weighted by atomic mass is 35.5. The number of carbonyl (C=O) groups is 2. The van der Waals surface area contributed by atoms with Crippen molar-refractivity contribution in [3.8, 4) is 11.3 Å². The van der Waals surface area contributed by atoms with Crippen LogP contribution in [0, 0.1) is 17.5 Å². The molecule has 160 valence electrons. The molecule has 0 saturated carbocycles. The van der Waals surface area contributed by atoms with E-state index in [0.29, 0.717) is 24.1 Å². The lowest BCUT2D eigenvalue weighted by Gasteiger charge is -2.14. The fourth-order valence-electron chi connectivity index (χ4n) is 3.76. The van der Waals surface area contributed by atoms with E-state index in [4.69, 9.17) is 11.6 Å². The van der Waals surface area contributed by atoms with Crippen LogP contribution in [0.3, 0.4) is 0 Å². The van der Waals surface area contributed by atoms with Crippen LogP contribution in [0.25, 0.3) is 11.3 Å². The average Bonchev–Trinajstić information content (AvgIpc) is 3.15. The van der Waals surface area contributed by atoms with Crippen molar-refractivity contribution in [1.82, 2.24) is 9.78 Å². The molecule has 0 amide bonds. The second-order valence-corrected chi connectivity index (χ2v) is 7.51. The highest BCUT2D eigenvalue weighted by Crippen LogP contribution is 2.34. The summed E-state index contributed by atoms with van der Waals surface area (Å²) < 4.78 is 48.5. The molecule has 1 aliphatic rings. The summed E-state index contributed by atoms with van der Waals surface area (Å²) in [5.41, 5.74) is 0.847. The van der Waals surface area contributed by atoms with Gasteiger partial charge >= 0.3 is 5.97 Å². The molecule has 1 aromatic heterocycles. The molecule has 0 radical (unpaired) electrons. The van der Waals surface area contributed by atoms with Gasteiger partial charge in [0.1, 0.15) is 5.82 Å². The number of benzene rings is 2. The normalized spacial score (nSPS) is 13.1. The molecule has 0 spiro atoms. The third-order valence-electron chi connectivity index (χ3n) is 5.28. The third-order valence-corrected chi connectivity index (χ3v) is 5.59. The molecule has 9 heteroatoms. The molecule has 0 unspecified atom stereocenters. The van der Waals surface area contributed by atoms with Crippen molar-refractivity contribution in [2.45, 2.75) is 25.7 Å². The summed E-state index contributed by atoms with van der Waals surface area (Å²) in [7, 11) is 1.19. The summed E-state index contributed by atoms with van der Waals surface area (Å²) in [6.07, 6.45) is 2.56. The van der Waals surface area contributed by atoms with Gasteiger partial charge in [-0.05, 0) is 56.0 Å². The number of hydrogen-bond donors (Lipinski definition) is 0. The van der Waals surface area contributed by atoms with Crippen molar-refractivity contribution in [3.05, 3.63) is 75.2 Å². The molecule has 0 N–H and O–H groups in total. The first kappa shape index (κ1) is 21.1. The lowest BCUT2D eigenvalue weighted by molar-refractivity contribution is 0.0600. The predicted molar refractivity (Wildman–Crippen MR) is 107 cm³/mol. The highest BCUT2D eigenvalue weighted by molar-refractivity contribution is 6.34. The zero-order chi connectivity index (χ0) is 22.3. The van der Waals surface area contributed by atoms with E-state index in [1.807, 2.05) is 0 Å². The van der Waals surface area contributed by atoms with Crippen LogP contribution < -0.4 is 0 Å². The van der Waals surface area contributed by atoms with Gasteiger partial charge in [0.15, 0.2) is 11.6 Å². The van der Waals surface area contributed by atoms with Crippen LogP contribution in [0.5, 0.6) is 0 Å². The van der Waals surface area contributed by atoms with Crippen LogP contribution in [-0.2, 0) is 17.6 Å². The summed E-state index contributed by atoms with van der Waals surface area (Å²) in [6.45, 7) is 0. The second-order valence-electron chi connectivity index (χ2n) is 7.10. The minimum atomic E-state index is -1.37. The number of ether oxygens (including phenoxy) is 1. The first-order chi connectivity index (χ1) is 14.8. The van der Waals surface area contributed by atoms with Gasteiger partial charge in [-0.15, -0.1) is 0 Å². The first-order valence-electron chi connectivity index (χ1n) is 9.50. The molecule has 4 rings (SSSR count). The smallest absolute Gasteiger partial charge is 0.337 e. The van der Waals surface area contributed by atoms with E-state index in [-0.39, 0.29) is 21.8 Å². The number of rotatable bonds is 3. The van der Waals surface area contributed by atoms with E-state index in [0.717, 1.165) is 35.7 Å². The van der Waals surface area contributed by atoms with Gasteiger partial charge in [-0.3, -0.25) is 4.79 Å². The van der Waals surface area contributed by atoms with Crippen LogP contribution >= 0.6 is 11.6 Å². The molecular weight excluding hydrogens is 433 g/mol. The van der Waals surface area contributed by atoms with Crippen LogP contribution in [0.2, 0.25) is 5.02 Å². The molecule has 0 saturated heterocycles. The van der Waals surface area contributed by atoms with E-state index in [2.05, 4.69) is 9.84 Å². The number of aromatic nitrogens is 2. The van der Waals surface area contributed by atoms with E-state index >= 15 is 0 Å². The van der Waals surface area contributed by atoms with E-state index < -0.39 is 34.9 Å². The summed E-state index contributed by atoms with van der Waals surface area (Å²) in [5, 5.41) is 4.02. The molecule has 2 aromatic carbocycles. The molecule has 0 fully saturated rings. The lowest BCUT2D eigenvalue weighted by Crippen LogP contribution is -2.20. The molecule has 0 atom stereocenters. The van der Waals surface area contributed by atoms with E-state index in [9.17, 15) is 22.8 Å². The fourth-order valence-corrected chi connectivity index (χ4v) is 3.99. The van der Waals surface area contributed by atoms with E-state index in [1.54, 1.807) is 0 Å². The van der Waals surface area contributed by atoms with Crippen LogP contribution in [-0.4, -0.2) is 28.8 Å². The Labute approximate surface area is 180 Å². The largest absolute Gasteiger partial charge is 0.465 e. The van der Waals surface area contributed by atoms with Gasteiger partial charge in [0.25, 0.3) is 5.91 Å². The Morgan fingerprint density at radius 2 is 1.81 bits per heavy atom. The Morgan fingerprint density at radius 1 is 1.06 bits per heavy atom. The Bertz CT molecular complexity index is 1220. The molecule has 1 aliphatic carbocycles. The number of halogens is 4. The number of hydrogen-bond acceptors (Lipinski definition) is 4. The van der Waals surface area contributed by atoms with Crippen molar-refractivity contribution in [2.24, 2.45) is 0 Å². The first-order valence-corrected chi connectivity index (χ1v) is 9.88. The highest BCUT2D eigenvalue weighted by Gasteiger charge is 2.29. The molecular formula is C22H16ClF3N2O3. The van der Waals surface area contributed by atoms with Gasteiger partial charge in [-0.25, -0.2) is 18.0 Å². The molecule has 3 aromatic rings. The molecule has 5 nitrogen and oxygen atoms in total. The van der Waals surface area contributed by atoms with Crippen LogP contribution in [0.1, 0.15) is 44.8 Å². The maximum Gasteiger partial charge on any atom is 0.337 e. The van der Waals surface area contributed by atoms with Crippen molar-refractivity contribution in [1.29, 1.82) is 0 Å². The topological polar surface area (TPSA) is 61.2 Å². The predicted octanol–water partition coefficient (Wildman–Crippen LogP) is 4.97. The summed E-state index contributed by atoms with van der Waals surface area (Å²) in [5.74, 6) is -4.92. The monoisotopic (exact) mass is 448 g/mol. The van der Waals surface area contributed by atoms with Gasteiger partial charge in [-0.2, -0.15) is 9.78 Å². The van der Waals surface area contributed by atoms with Crippen LogP contribution in [0.15, 0.2) is 30.3 Å². The van der Waals surface area contributed by atoms with Crippen molar-refractivity contribution < 1.29 is 27.5 Å². The minimum absolute atomic E-state index is 0.0294. The summed E-state index contributed by atoms with van der Waals surface area (Å²) >= 11 is 5.97. The van der Waals surface area contributed by atoms with E-state index in [1.165, 1.54) is 19.2 Å². The lowest BCUT2D eigenvalue weighted by atomic mass is 9.93. The van der Waals surface area contributed by atoms with Gasteiger partial charge in [0.2, 0.25) is 0 Å². The van der Waals surface area contributed by atoms with Crippen LogP contribution in [0.4, 0.5) is 13.2 Å². The molecule has 31 heavy (non-hydrogen) atoms. The maximum absolute atomic E-state index is 14.8. The van der Waals surface area contributed by atoms with Gasteiger partial charge in [-0.1, -0.05) is 11.6 Å². The number of methoxy groups -OCH3 is 1. The quantitative estimate of drug-likeness (QED) is 0.419. The van der Waals surface area contributed by atoms with Gasteiger partial charge < -0.3 is 4.74 Å². The van der Waals surface area contributed by atoms with Crippen molar-refractivity contribution in [2.75, 3.05) is 7.11 Å². The molecule has 0 aliphatic heterocycles.